The lowest BCUT2D eigenvalue weighted by atomic mass is 10.0. The van der Waals surface area contributed by atoms with Crippen molar-refractivity contribution >= 4 is 5.91 Å². The maximum absolute atomic E-state index is 13.7. The Morgan fingerprint density at radius 1 is 1.44 bits per heavy atom. The van der Waals surface area contributed by atoms with E-state index in [9.17, 15) is 9.18 Å². The molecule has 2 aromatic rings. The van der Waals surface area contributed by atoms with Crippen molar-refractivity contribution in [2.45, 2.75) is 25.3 Å². The van der Waals surface area contributed by atoms with Gasteiger partial charge < -0.3 is 14.8 Å². The van der Waals surface area contributed by atoms with Gasteiger partial charge in [0.05, 0.1) is 26.0 Å². The summed E-state index contributed by atoms with van der Waals surface area (Å²) in [6.07, 6.45) is 3.68. The summed E-state index contributed by atoms with van der Waals surface area (Å²) in [7, 11) is 1.38. The first-order valence-corrected chi connectivity index (χ1v) is 8.18. The average Bonchev–Trinajstić information content (AvgIpc) is 2.67. The molecule has 1 atom stereocenters. The van der Waals surface area contributed by atoms with Gasteiger partial charge in [0.1, 0.15) is 5.82 Å². The van der Waals surface area contributed by atoms with Gasteiger partial charge in [0.2, 0.25) is 0 Å². The summed E-state index contributed by atoms with van der Waals surface area (Å²) < 4.78 is 24.0. The summed E-state index contributed by atoms with van der Waals surface area (Å²) in [5.41, 5.74) is 0.936. The summed E-state index contributed by atoms with van der Waals surface area (Å²) in [6, 6.07) is 5.85. The largest absolute Gasteiger partial charge is 0.494 e. The van der Waals surface area contributed by atoms with Crippen molar-refractivity contribution in [2.75, 3.05) is 20.3 Å². The minimum Gasteiger partial charge on any atom is -0.494 e. The quantitative estimate of drug-likeness (QED) is 0.901. The third-order valence-electron chi connectivity index (χ3n) is 4.10. The SMILES string of the molecule is COc1ccc(C(=O)NCc2ccnc(C3CCCOC3)n2)cc1F. The number of rotatable bonds is 5. The van der Waals surface area contributed by atoms with Gasteiger partial charge in [-0.3, -0.25) is 4.79 Å². The van der Waals surface area contributed by atoms with Crippen LogP contribution in [-0.4, -0.2) is 36.2 Å². The molecule has 1 N–H and O–H groups in total. The van der Waals surface area contributed by atoms with Gasteiger partial charge in [-0.2, -0.15) is 0 Å². The van der Waals surface area contributed by atoms with E-state index in [1.807, 2.05) is 0 Å². The number of nitrogens with one attached hydrogen (secondary N) is 1. The molecule has 3 rings (SSSR count). The lowest BCUT2D eigenvalue weighted by Gasteiger charge is -2.20. The normalized spacial score (nSPS) is 17.1. The van der Waals surface area contributed by atoms with E-state index in [4.69, 9.17) is 9.47 Å². The van der Waals surface area contributed by atoms with Crippen molar-refractivity contribution in [1.29, 1.82) is 0 Å². The number of methoxy groups -OCH3 is 1. The predicted molar refractivity (Wildman–Crippen MR) is 88.9 cm³/mol. The smallest absolute Gasteiger partial charge is 0.251 e. The fourth-order valence-corrected chi connectivity index (χ4v) is 2.73. The molecule has 0 saturated carbocycles. The highest BCUT2D eigenvalue weighted by Crippen LogP contribution is 2.22. The Hall–Kier alpha value is -2.54. The first kappa shape index (κ1) is 17.3. The van der Waals surface area contributed by atoms with Crippen LogP contribution in [-0.2, 0) is 11.3 Å². The fraction of sp³-hybridized carbons (Fsp3) is 0.389. The fourth-order valence-electron chi connectivity index (χ4n) is 2.73. The monoisotopic (exact) mass is 345 g/mol. The second-order valence-corrected chi connectivity index (χ2v) is 5.85. The van der Waals surface area contributed by atoms with Crippen molar-refractivity contribution in [3.8, 4) is 5.75 Å². The molecule has 1 aromatic carbocycles. The zero-order chi connectivity index (χ0) is 17.6. The number of amides is 1. The van der Waals surface area contributed by atoms with Crippen LogP contribution >= 0.6 is 0 Å². The average molecular weight is 345 g/mol. The molecule has 1 aliphatic rings. The molecular formula is C18H20FN3O3. The highest BCUT2D eigenvalue weighted by Gasteiger charge is 2.19. The molecule has 25 heavy (non-hydrogen) atoms. The second-order valence-electron chi connectivity index (χ2n) is 5.85. The molecule has 7 heteroatoms. The first-order chi connectivity index (χ1) is 12.2. The Kier molecular flexibility index (Phi) is 5.55. The van der Waals surface area contributed by atoms with E-state index in [0.29, 0.717) is 12.3 Å². The van der Waals surface area contributed by atoms with E-state index in [1.54, 1.807) is 12.3 Å². The number of hydrogen-bond donors (Lipinski definition) is 1. The zero-order valence-corrected chi connectivity index (χ0v) is 14.0. The summed E-state index contributed by atoms with van der Waals surface area (Å²) >= 11 is 0. The number of halogens is 1. The minimum absolute atomic E-state index is 0.103. The van der Waals surface area contributed by atoms with Crippen LogP contribution in [0.5, 0.6) is 5.75 Å². The maximum atomic E-state index is 13.7. The third kappa shape index (κ3) is 4.30. The van der Waals surface area contributed by atoms with Crippen LogP contribution in [0, 0.1) is 5.82 Å². The van der Waals surface area contributed by atoms with Crippen LogP contribution in [0.2, 0.25) is 0 Å². The molecule has 1 amide bonds. The van der Waals surface area contributed by atoms with Crippen LogP contribution in [0.1, 0.15) is 40.6 Å². The van der Waals surface area contributed by atoms with Gasteiger partial charge in [0.15, 0.2) is 11.6 Å². The van der Waals surface area contributed by atoms with Crippen molar-refractivity contribution in [3.63, 3.8) is 0 Å². The molecule has 0 spiro atoms. The molecule has 1 fully saturated rings. The van der Waals surface area contributed by atoms with E-state index in [-0.39, 0.29) is 29.7 Å². The van der Waals surface area contributed by atoms with E-state index in [1.165, 1.54) is 19.2 Å². The first-order valence-electron chi connectivity index (χ1n) is 8.18. The molecule has 1 saturated heterocycles. The van der Waals surface area contributed by atoms with Crippen LogP contribution in [0.4, 0.5) is 4.39 Å². The highest BCUT2D eigenvalue weighted by atomic mass is 19.1. The van der Waals surface area contributed by atoms with E-state index < -0.39 is 5.82 Å². The van der Waals surface area contributed by atoms with Gasteiger partial charge in [-0.25, -0.2) is 14.4 Å². The third-order valence-corrected chi connectivity index (χ3v) is 4.10. The molecule has 0 radical (unpaired) electrons. The van der Waals surface area contributed by atoms with Gasteiger partial charge in [-0.1, -0.05) is 0 Å². The van der Waals surface area contributed by atoms with Gasteiger partial charge >= 0.3 is 0 Å². The van der Waals surface area contributed by atoms with Crippen molar-refractivity contribution in [1.82, 2.24) is 15.3 Å². The molecule has 0 aliphatic carbocycles. The van der Waals surface area contributed by atoms with Crippen LogP contribution in [0.3, 0.4) is 0 Å². The molecule has 1 unspecified atom stereocenters. The van der Waals surface area contributed by atoms with Gasteiger partial charge in [-0.05, 0) is 37.1 Å². The summed E-state index contributed by atoms with van der Waals surface area (Å²) in [5, 5.41) is 2.74. The second kappa shape index (κ2) is 8.02. The van der Waals surface area contributed by atoms with Crippen molar-refractivity contribution in [3.05, 3.63) is 53.4 Å². The van der Waals surface area contributed by atoms with Gasteiger partial charge in [-0.15, -0.1) is 0 Å². The van der Waals surface area contributed by atoms with Crippen LogP contribution in [0.25, 0.3) is 0 Å². The Morgan fingerprint density at radius 2 is 2.32 bits per heavy atom. The molecule has 132 valence electrons. The van der Waals surface area contributed by atoms with E-state index >= 15 is 0 Å². The standard InChI is InChI=1S/C18H20FN3O3/c1-24-16-5-4-12(9-15(16)19)18(23)21-10-14-6-7-20-17(22-14)13-3-2-8-25-11-13/h4-7,9,13H,2-3,8,10-11H2,1H3,(H,21,23). The molecule has 1 aliphatic heterocycles. The number of hydrogen-bond acceptors (Lipinski definition) is 5. The summed E-state index contributed by atoms with van der Waals surface area (Å²) in [6.45, 7) is 1.65. The topological polar surface area (TPSA) is 73.3 Å². The molecule has 0 bridgehead atoms. The number of ether oxygens (including phenoxy) is 2. The number of benzene rings is 1. The maximum Gasteiger partial charge on any atom is 0.251 e. The predicted octanol–water partition coefficient (Wildman–Crippen LogP) is 2.45. The number of nitrogens with zero attached hydrogens (tertiary/aromatic N) is 2. The molecule has 6 nitrogen and oxygen atoms in total. The van der Waals surface area contributed by atoms with Gasteiger partial charge in [0.25, 0.3) is 5.91 Å². The number of carbonyl (C=O) groups is 1. The van der Waals surface area contributed by atoms with E-state index in [0.717, 1.165) is 31.3 Å². The number of aromatic nitrogens is 2. The number of carbonyl (C=O) groups excluding carboxylic acids is 1. The minimum atomic E-state index is -0.572. The van der Waals surface area contributed by atoms with Crippen molar-refractivity contribution < 1.29 is 18.7 Å². The molecule has 2 heterocycles. The summed E-state index contributed by atoms with van der Waals surface area (Å²) in [5.74, 6) is 0.0909. The Balaban J connectivity index is 1.63. The lowest BCUT2D eigenvalue weighted by molar-refractivity contribution is 0.0779. The van der Waals surface area contributed by atoms with E-state index in [2.05, 4.69) is 15.3 Å². The molecular weight excluding hydrogens is 325 g/mol. The Bertz CT molecular complexity index is 748. The van der Waals surface area contributed by atoms with Crippen molar-refractivity contribution in [2.24, 2.45) is 0 Å². The summed E-state index contributed by atoms with van der Waals surface area (Å²) in [4.78, 5) is 21.0. The zero-order valence-electron chi connectivity index (χ0n) is 14.0. The van der Waals surface area contributed by atoms with Gasteiger partial charge in [0, 0.05) is 24.3 Å². The van der Waals surface area contributed by atoms with Crippen LogP contribution in [0.15, 0.2) is 30.5 Å². The molecule has 1 aromatic heterocycles. The lowest BCUT2D eigenvalue weighted by Crippen LogP contribution is -2.24. The Labute approximate surface area is 145 Å². The van der Waals surface area contributed by atoms with Crippen LogP contribution < -0.4 is 10.1 Å². The Morgan fingerprint density at radius 3 is 3.04 bits per heavy atom. The highest BCUT2D eigenvalue weighted by molar-refractivity contribution is 5.94.